The van der Waals surface area contributed by atoms with E-state index in [2.05, 4.69) is 10.3 Å². The van der Waals surface area contributed by atoms with Gasteiger partial charge >= 0.3 is 0 Å². The largest absolute Gasteiger partial charge is 0.488 e. The van der Waals surface area contributed by atoms with E-state index in [-0.39, 0.29) is 29.9 Å². The molecule has 31 heavy (non-hydrogen) atoms. The highest BCUT2D eigenvalue weighted by Crippen LogP contribution is 2.15. The second kappa shape index (κ2) is 10.9. The minimum atomic E-state index is -0.425. The first-order valence-electron chi connectivity index (χ1n) is 10.3. The van der Waals surface area contributed by atoms with Gasteiger partial charge in [-0.3, -0.25) is 14.2 Å². The van der Waals surface area contributed by atoms with Crippen LogP contribution in [0.4, 0.5) is 4.39 Å². The SMILES string of the molecule is CC(COc1ccccc1F)NC(=O)CCCCCn1c(=S)[nH]c2ccccc2c1=O. The summed E-state index contributed by atoms with van der Waals surface area (Å²) >= 11 is 5.31. The molecule has 0 aliphatic carbocycles. The number of fused-ring (bicyclic) bond motifs is 1. The van der Waals surface area contributed by atoms with Crippen LogP contribution in [0.5, 0.6) is 5.75 Å². The van der Waals surface area contributed by atoms with Crippen LogP contribution in [-0.4, -0.2) is 28.1 Å². The van der Waals surface area contributed by atoms with E-state index in [9.17, 15) is 14.0 Å². The van der Waals surface area contributed by atoms with E-state index in [4.69, 9.17) is 17.0 Å². The van der Waals surface area contributed by atoms with Gasteiger partial charge in [-0.25, -0.2) is 4.39 Å². The number of carbonyl (C=O) groups is 1. The minimum absolute atomic E-state index is 0.0789. The molecule has 1 atom stereocenters. The van der Waals surface area contributed by atoms with Gasteiger partial charge in [-0.1, -0.05) is 30.7 Å². The van der Waals surface area contributed by atoms with Crippen LogP contribution in [0.1, 0.15) is 32.6 Å². The van der Waals surface area contributed by atoms with Crippen LogP contribution in [0, 0.1) is 10.6 Å². The van der Waals surface area contributed by atoms with Crippen LogP contribution >= 0.6 is 12.2 Å². The fraction of sp³-hybridized carbons (Fsp3) is 0.348. The highest BCUT2D eigenvalue weighted by Gasteiger charge is 2.10. The van der Waals surface area contributed by atoms with Gasteiger partial charge in [0.05, 0.1) is 16.9 Å². The van der Waals surface area contributed by atoms with Crippen LogP contribution in [-0.2, 0) is 11.3 Å². The topological polar surface area (TPSA) is 76.1 Å². The molecule has 0 spiro atoms. The molecule has 1 amide bonds. The predicted molar refractivity (Wildman–Crippen MR) is 121 cm³/mol. The van der Waals surface area contributed by atoms with Crippen molar-refractivity contribution in [3.8, 4) is 5.75 Å². The van der Waals surface area contributed by atoms with Crippen LogP contribution in [0.15, 0.2) is 53.3 Å². The normalized spacial score (nSPS) is 11.9. The van der Waals surface area contributed by atoms with Crippen LogP contribution < -0.4 is 15.6 Å². The lowest BCUT2D eigenvalue weighted by Gasteiger charge is -2.15. The average molecular weight is 444 g/mol. The van der Waals surface area contributed by atoms with Crippen molar-refractivity contribution in [3.05, 3.63) is 69.5 Å². The highest BCUT2D eigenvalue weighted by atomic mass is 32.1. The van der Waals surface area contributed by atoms with Crippen molar-refractivity contribution in [3.63, 3.8) is 0 Å². The van der Waals surface area contributed by atoms with E-state index in [0.29, 0.717) is 29.5 Å². The number of aromatic nitrogens is 2. The molecule has 0 radical (unpaired) electrons. The summed E-state index contributed by atoms with van der Waals surface area (Å²) in [6.07, 6.45) is 2.62. The number of nitrogens with zero attached hydrogens (tertiary/aromatic N) is 1. The smallest absolute Gasteiger partial charge is 0.262 e. The molecule has 6 nitrogen and oxygen atoms in total. The lowest BCUT2D eigenvalue weighted by Crippen LogP contribution is -2.36. The van der Waals surface area contributed by atoms with Crippen molar-refractivity contribution in [2.75, 3.05) is 6.61 Å². The number of ether oxygens (including phenoxy) is 1. The van der Waals surface area contributed by atoms with E-state index in [1.165, 1.54) is 6.07 Å². The van der Waals surface area contributed by atoms with Gasteiger partial charge in [-0.2, -0.15) is 0 Å². The quantitative estimate of drug-likeness (QED) is 0.361. The Bertz CT molecular complexity index is 1160. The fourth-order valence-electron chi connectivity index (χ4n) is 3.30. The van der Waals surface area contributed by atoms with Gasteiger partial charge in [0.2, 0.25) is 5.91 Å². The number of rotatable bonds is 10. The third-order valence-corrected chi connectivity index (χ3v) is 5.23. The van der Waals surface area contributed by atoms with Crippen molar-refractivity contribution in [2.24, 2.45) is 0 Å². The lowest BCUT2D eigenvalue weighted by molar-refractivity contribution is -0.122. The molecule has 2 aromatic carbocycles. The Morgan fingerprint density at radius 1 is 1.16 bits per heavy atom. The summed E-state index contributed by atoms with van der Waals surface area (Å²) in [7, 11) is 0. The van der Waals surface area contributed by atoms with E-state index < -0.39 is 5.82 Å². The molecule has 3 rings (SSSR count). The maximum absolute atomic E-state index is 13.5. The summed E-state index contributed by atoms with van der Waals surface area (Å²) in [5.74, 6) is -0.331. The number of nitrogens with one attached hydrogen (secondary N) is 2. The standard InChI is InChI=1S/C23H26FN3O3S/c1-16(15-30-20-12-7-5-10-18(20)24)25-21(28)13-3-2-8-14-27-22(29)17-9-4-6-11-19(17)26-23(27)31/h4-7,9-12,16H,2-3,8,13-15H2,1H3,(H,25,28)(H,26,31). The molecule has 0 aliphatic rings. The third-order valence-electron chi connectivity index (χ3n) is 4.91. The Labute approximate surface area is 185 Å². The predicted octanol–water partition coefficient (Wildman–Crippen LogP) is 4.34. The molecular formula is C23H26FN3O3S. The summed E-state index contributed by atoms with van der Waals surface area (Å²) in [5, 5.41) is 3.47. The third kappa shape index (κ3) is 6.24. The summed E-state index contributed by atoms with van der Waals surface area (Å²) in [6.45, 7) is 2.51. The second-order valence-electron chi connectivity index (χ2n) is 7.45. The molecule has 1 heterocycles. The number of halogens is 1. The highest BCUT2D eigenvalue weighted by molar-refractivity contribution is 7.71. The number of H-pyrrole nitrogens is 1. The molecular weight excluding hydrogens is 417 g/mol. The van der Waals surface area contributed by atoms with Crippen LogP contribution in [0.2, 0.25) is 0 Å². The monoisotopic (exact) mass is 443 g/mol. The van der Waals surface area contributed by atoms with Crippen LogP contribution in [0.25, 0.3) is 10.9 Å². The number of amides is 1. The van der Waals surface area contributed by atoms with Gasteiger partial charge in [-0.15, -0.1) is 0 Å². The number of aromatic amines is 1. The molecule has 0 saturated carbocycles. The van der Waals surface area contributed by atoms with Crippen molar-refractivity contribution < 1.29 is 13.9 Å². The van der Waals surface area contributed by atoms with Gasteiger partial charge in [0.25, 0.3) is 5.56 Å². The minimum Gasteiger partial charge on any atom is -0.488 e. The van der Waals surface area contributed by atoms with E-state index in [1.807, 2.05) is 25.1 Å². The fourth-order valence-corrected chi connectivity index (χ4v) is 3.58. The van der Waals surface area contributed by atoms with Gasteiger partial charge in [0.15, 0.2) is 16.3 Å². The van der Waals surface area contributed by atoms with Gasteiger partial charge in [0.1, 0.15) is 6.61 Å². The summed E-state index contributed by atoms with van der Waals surface area (Å²) in [5.41, 5.74) is 0.638. The number of para-hydroxylation sites is 2. The maximum atomic E-state index is 13.5. The van der Waals surface area contributed by atoms with Crippen molar-refractivity contribution in [2.45, 2.75) is 45.2 Å². The van der Waals surface area contributed by atoms with Gasteiger partial charge in [-0.05, 0) is 56.2 Å². The zero-order chi connectivity index (χ0) is 22.2. The Morgan fingerprint density at radius 2 is 1.90 bits per heavy atom. The van der Waals surface area contributed by atoms with Crippen molar-refractivity contribution in [1.82, 2.24) is 14.9 Å². The molecule has 0 saturated heterocycles. The van der Waals surface area contributed by atoms with Gasteiger partial charge in [0, 0.05) is 13.0 Å². The van der Waals surface area contributed by atoms with E-state index >= 15 is 0 Å². The van der Waals surface area contributed by atoms with Crippen molar-refractivity contribution in [1.29, 1.82) is 0 Å². The first kappa shape index (κ1) is 22.7. The number of hydrogen-bond donors (Lipinski definition) is 2. The Morgan fingerprint density at radius 3 is 2.71 bits per heavy atom. The molecule has 164 valence electrons. The zero-order valence-corrected chi connectivity index (χ0v) is 18.2. The maximum Gasteiger partial charge on any atom is 0.262 e. The molecule has 0 fully saturated rings. The first-order chi connectivity index (χ1) is 15.0. The number of carbonyl (C=O) groups excluding carboxylic acids is 1. The molecule has 3 aromatic rings. The summed E-state index contributed by atoms with van der Waals surface area (Å²) in [4.78, 5) is 27.8. The lowest BCUT2D eigenvalue weighted by atomic mass is 10.1. The summed E-state index contributed by atoms with van der Waals surface area (Å²) in [6, 6.07) is 13.2. The Balaban J connectivity index is 1.38. The molecule has 0 bridgehead atoms. The Kier molecular flexibility index (Phi) is 7.94. The molecule has 1 unspecified atom stereocenters. The zero-order valence-electron chi connectivity index (χ0n) is 17.4. The summed E-state index contributed by atoms with van der Waals surface area (Å²) < 4.78 is 20.9. The molecule has 8 heteroatoms. The van der Waals surface area contributed by atoms with E-state index in [1.54, 1.807) is 28.8 Å². The van der Waals surface area contributed by atoms with Crippen LogP contribution in [0.3, 0.4) is 0 Å². The number of benzene rings is 2. The second-order valence-corrected chi connectivity index (χ2v) is 7.84. The average Bonchev–Trinajstić information content (AvgIpc) is 2.75. The van der Waals surface area contributed by atoms with E-state index in [0.717, 1.165) is 18.4 Å². The molecule has 0 aliphatic heterocycles. The molecule has 1 aromatic heterocycles. The van der Waals surface area contributed by atoms with Crippen molar-refractivity contribution >= 4 is 29.0 Å². The number of hydrogen-bond acceptors (Lipinski definition) is 4. The first-order valence-corrected chi connectivity index (χ1v) is 10.7. The van der Waals surface area contributed by atoms with Gasteiger partial charge < -0.3 is 15.0 Å². The molecule has 2 N–H and O–H groups in total. The Hall–Kier alpha value is -3.00. The number of unbranched alkanes of at least 4 members (excludes halogenated alkanes) is 2.